The molecule has 2 aromatic rings. The van der Waals surface area contributed by atoms with E-state index in [2.05, 4.69) is 39.4 Å². The molecule has 0 unspecified atom stereocenters. The summed E-state index contributed by atoms with van der Waals surface area (Å²) in [5, 5.41) is 3.60. The van der Waals surface area contributed by atoms with E-state index in [0.29, 0.717) is 11.6 Å². The number of anilines is 1. The Labute approximate surface area is 166 Å². The lowest BCUT2D eigenvalue weighted by Crippen LogP contribution is -2.48. The van der Waals surface area contributed by atoms with Gasteiger partial charge in [-0.15, -0.1) is 0 Å². The lowest BCUT2D eigenvalue weighted by atomic mass is 10.2. The Kier molecular flexibility index (Phi) is 7.04. The Bertz CT molecular complexity index is 783. The maximum atomic E-state index is 12.3. The van der Waals surface area contributed by atoms with Crippen molar-refractivity contribution < 1.29 is 4.79 Å². The molecular weight excluding hydrogens is 358 g/mol. The van der Waals surface area contributed by atoms with E-state index in [0.717, 1.165) is 44.0 Å². The van der Waals surface area contributed by atoms with Gasteiger partial charge >= 0.3 is 0 Å². The zero-order chi connectivity index (χ0) is 19.1. The second kappa shape index (κ2) is 9.70. The highest BCUT2D eigenvalue weighted by Gasteiger charge is 2.18. The van der Waals surface area contributed by atoms with Gasteiger partial charge < -0.3 is 5.32 Å². The van der Waals surface area contributed by atoms with Gasteiger partial charge in [-0.25, -0.2) is 0 Å². The monoisotopic (exact) mass is 383 g/mol. The van der Waals surface area contributed by atoms with Gasteiger partial charge in [-0.2, -0.15) is 0 Å². The predicted molar refractivity (Wildman–Crippen MR) is 113 cm³/mol. The Balaban J connectivity index is 1.40. The second-order valence-corrected chi connectivity index (χ2v) is 7.33. The van der Waals surface area contributed by atoms with Crippen LogP contribution in [0.2, 0.25) is 5.02 Å². The maximum Gasteiger partial charge on any atom is 0.238 e. The van der Waals surface area contributed by atoms with Crippen LogP contribution in [-0.4, -0.2) is 55.0 Å². The largest absolute Gasteiger partial charge is 0.325 e. The molecule has 0 bridgehead atoms. The summed E-state index contributed by atoms with van der Waals surface area (Å²) in [5.41, 5.74) is 3.03. The first-order valence-electron chi connectivity index (χ1n) is 9.32. The topological polar surface area (TPSA) is 35.6 Å². The van der Waals surface area contributed by atoms with Gasteiger partial charge in [-0.05, 0) is 30.2 Å². The normalized spacial score (nSPS) is 15.9. The van der Waals surface area contributed by atoms with Crippen LogP contribution in [0.3, 0.4) is 0 Å². The Hall–Kier alpha value is -2.14. The van der Waals surface area contributed by atoms with Crippen LogP contribution < -0.4 is 5.32 Å². The van der Waals surface area contributed by atoms with Crippen LogP contribution >= 0.6 is 11.6 Å². The lowest BCUT2D eigenvalue weighted by Gasteiger charge is -2.33. The molecule has 1 fully saturated rings. The molecule has 1 aliphatic heterocycles. The van der Waals surface area contributed by atoms with E-state index in [1.165, 1.54) is 5.56 Å². The van der Waals surface area contributed by atoms with E-state index in [9.17, 15) is 4.79 Å². The van der Waals surface area contributed by atoms with Gasteiger partial charge in [-0.1, -0.05) is 60.2 Å². The summed E-state index contributed by atoms with van der Waals surface area (Å²) in [6.45, 7) is 7.08. The minimum absolute atomic E-state index is 0.0118. The van der Waals surface area contributed by atoms with Gasteiger partial charge in [0.05, 0.1) is 6.54 Å². The fourth-order valence-electron chi connectivity index (χ4n) is 3.15. The third-order valence-electron chi connectivity index (χ3n) is 4.78. The molecular formula is C22H26ClN3O. The number of nitrogens with zero attached hydrogens (tertiary/aromatic N) is 2. The third kappa shape index (κ3) is 6.21. The molecule has 0 aliphatic carbocycles. The van der Waals surface area contributed by atoms with Gasteiger partial charge in [0.1, 0.15) is 0 Å². The highest BCUT2D eigenvalue weighted by Crippen LogP contribution is 2.20. The summed E-state index contributed by atoms with van der Waals surface area (Å²) in [6, 6.07) is 15.9. The summed E-state index contributed by atoms with van der Waals surface area (Å²) in [6.07, 6.45) is 4.37. The highest BCUT2D eigenvalue weighted by atomic mass is 35.5. The molecule has 1 amide bonds. The molecule has 5 heteroatoms. The molecule has 0 aromatic heterocycles. The molecule has 0 atom stereocenters. The first-order valence-corrected chi connectivity index (χ1v) is 9.70. The summed E-state index contributed by atoms with van der Waals surface area (Å²) in [4.78, 5) is 16.9. The van der Waals surface area contributed by atoms with Gasteiger partial charge in [0.25, 0.3) is 0 Å². The molecule has 1 N–H and O–H groups in total. The summed E-state index contributed by atoms with van der Waals surface area (Å²) < 4.78 is 0. The number of amides is 1. The van der Waals surface area contributed by atoms with Crippen molar-refractivity contribution >= 4 is 29.3 Å². The van der Waals surface area contributed by atoms with Crippen molar-refractivity contribution in [2.75, 3.05) is 44.6 Å². The third-order valence-corrected chi connectivity index (χ3v) is 5.01. The van der Waals surface area contributed by atoms with Crippen LogP contribution in [0, 0.1) is 6.92 Å². The maximum absolute atomic E-state index is 12.3. The number of hydrogen-bond donors (Lipinski definition) is 1. The van der Waals surface area contributed by atoms with Gasteiger partial charge in [0.2, 0.25) is 5.91 Å². The van der Waals surface area contributed by atoms with Crippen LogP contribution in [0.4, 0.5) is 5.69 Å². The average Bonchev–Trinajstić information content (AvgIpc) is 2.67. The fraction of sp³-hybridized carbons (Fsp3) is 0.318. The number of benzene rings is 2. The molecule has 1 heterocycles. The molecule has 3 rings (SSSR count). The van der Waals surface area contributed by atoms with E-state index >= 15 is 0 Å². The first kappa shape index (κ1) is 19.6. The molecule has 0 saturated carbocycles. The lowest BCUT2D eigenvalue weighted by molar-refractivity contribution is -0.117. The molecule has 1 saturated heterocycles. The Morgan fingerprint density at radius 3 is 2.52 bits per heavy atom. The van der Waals surface area contributed by atoms with Crippen LogP contribution in [0.15, 0.2) is 54.6 Å². The minimum atomic E-state index is 0.0118. The van der Waals surface area contributed by atoms with Crippen molar-refractivity contribution in [2.24, 2.45) is 0 Å². The molecule has 1 aliphatic rings. The number of rotatable bonds is 6. The van der Waals surface area contributed by atoms with Crippen LogP contribution in [0.1, 0.15) is 11.1 Å². The smallest absolute Gasteiger partial charge is 0.238 e. The van der Waals surface area contributed by atoms with Crippen molar-refractivity contribution in [1.82, 2.24) is 9.80 Å². The summed E-state index contributed by atoms with van der Waals surface area (Å²) in [7, 11) is 0. The van der Waals surface area contributed by atoms with Crippen LogP contribution in [0.25, 0.3) is 6.08 Å². The number of halogens is 1. The standard InChI is InChI=1S/C22H26ClN3O/c1-18-9-10-20(23)16-21(18)24-22(27)17-26-14-12-25(13-15-26)11-5-8-19-6-3-2-4-7-19/h2-10,16H,11-15,17H2,1H3,(H,24,27). The number of hydrogen-bond acceptors (Lipinski definition) is 3. The molecule has 2 aromatic carbocycles. The number of carbonyl (C=O) groups is 1. The number of piperazine rings is 1. The fourth-order valence-corrected chi connectivity index (χ4v) is 3.33. The molecule has 142 valence electrons. The van der Waals surface area contributed by atoms with Crippen LogP contribution in [0.5, 0.6) is 0 Å². The zero-order valence-electron chi connectivity index (χ0n) is 15.7. The van der Waals surface area contributed by atoms with E-state index in [1.807, 2.05) is 37.3 Å². The first-order chi connectivity index (χ1) is 13.1. The molecule has 0 radical (unpaired) electrons. The van der Waals surface area contributed by atoms with Crippen molar-refractivity contribution in [3.05, 3.63) is 70.8 Å². The number of aryl methyl sites for hydroxylation is 1. The van der Waals surface area contributed by atoms with E-state index in [-0.39, 0.29) is 5.91 Å². The summed E-state index contributed by atoms with van der Waals surface area (Å²) >= 11 is 6.02. The Morgan fingerprint density at radius 2 is 1.78 bits per heavy atom. The average molecular weight is 384 g/mol. The SMILES string of the molecule is Cc1ccc(Cl)cc1NC(=O)CN1CCN(CC=Cc2ccccc2)CC1. The van der Waals surface area contributed by atoms with Crippen molar-refractivity contribution in [2.45, 2.75) is 6.92 Å². The molecule has 0 spiro atoms. The number of nitrogens with one attached hydrogen (secondary N) is 1. The number of carbonyl (C=O) groups excluding carboxylic acids is 1. The van der Waals surface area contributed by atoms with E-state index in [4.69, 9.17) is 11.6 Å². The van der Waals surface area contributed by atoms with Crippen molar-refractivity contribution in [3.63, 3.8) is 0 Å². The van der Waals surface area contributed by atoms with Gasteiger partial charge in [0, 0.05) is 43.4 Å². The van der Waals surface area contributed by atoms with Crippen LogP contribution in [-0.2, 0) is 4.79 Å². The molecule has 27 heavy (non-hydrogen) atoms. The quantitative estimate of drug-likeness (QED) is 0.821. The van der Waals surface area contributed by atoms with Crippen molar-refractivity contribution in [3.8, 4) is 0 Å². The van der Waals surface area contributed by atoms with Crippen molar-refractivity contribution in [1.29, 1.82) is 0 Å². The van der Waals surface area contributed by atoms with E-state index < -0.39 is 0 Å². The highest BCUT2D eigenvalue weighted by molar-refractivity contribution is 6.31. The second-order valence-electron chi connectivity index (χ2n) is 6.90. The van der Waals surface area contributed by atoms with Gasteiger partial charge in [0.15, 0.2) is 0 Å². The minimum Gasteiger partial charge on any atom is -0.325 e. The zero-order valence-corrected chi connectivity index (χ0v) is 16.5. The van der Waals surface area contributed by atoms with E-state index in [1.54, 1.807) is 6.07 Å². The van der Waals surface area contributed by atoms with Gasteiger partial charge in [-0.3, -0.25) is 14.6 Å². The Morgan fingerprint density at radius 1 is 1.07 bits per heavy atom. The molecule has 4 nitrogen and oxygen atoms in total. The predicted octanol–water partition coefficient (Wildman–Crippen LogP) is 3.92. The summed E-state index contributed by atoms with van der Waals surface area (Å²) in [5.74, 6) is 0.0118.